The van der Waals surface area contributed by atoms with Crippen LogP contribution in [0, 0.1) is 12.8 Å². The second-order valence-corrected chi connectivity index (χ2v) is 7.28. The molecule has 1 aromatic carbocycles. The van der Waals surface area contributed by atoms with Gasteiger partial charge in [-0.25, -0.2) is 0 Å². The number of nitrogens with zero attached hydrogens (tertiary/aromatic N) is 1. The van der Waals surface area contributed by atoms with Gasteiger partial charge in [0, 0.05) is 43.4 Å². The first-order valence-electron chi connectivity index (χ1n) is 9.44. The van der Waals surface area contributed by atoms with E-state index < -0.39 is 0 Å². The molecule has 2 aliphatic rings. The maximum Gasteiger partial charge on any atom is 0.251 e. The van der Waals surface area contributed by atoms with E-state index in [1.54, 1.807) is 26.4 Å². The summed E-state index contributed by atoms with van der Waals surface area (Å²) in [4.78, 5) is 15.2. The topological polar surface area (TPSA) is 60.0 Å². The summed E-state index contributed by atoms with van der Waals surface area (Å²) in [7, 11) is 3.21. The summed E-state index contributed by atoms with van der Waals surface area (Å²) in [6.07, 6.45) is 3.15. The van der Waals surface area contributed by atoms with E-state index in [4.69, 9.17) is 14.2 Å². The summed E-state index contributed by atoms with van der Waals surface area (Å²) in [5, 5.41) is 3.17. The van der Waals surface area contributed by atoms with Gasteiger partial charge in [0.2, 0.25) is 0 Å². The molecule has 6 heteroatoms. The number of amides is 1. The highest BCUT2D eigenvalue weighted by Gasteiger charge is 2.25. The fraction of sp³-hybridized carbons (Fsp3) is 0.650. The third kappa shape index (κ3) is 4.48. The number of hydrogen-bond donors (Lipinski definition) is 1. The van der Waals surface area contributed by atoms with Gasteiger partial charge in [0.25, 0.3) is 5.91 Å². The molecular weight excluding hydrogens is 332 g/mol. The predicted molar refractivity (Wildman–Crippen MR) is 100 cm³/mol. The molecule has 144 valence electrons. The maximum absolute atomic E-state index is 12.7. The molecule has 0 bridgehead atoms. The standard InChI is InChI=1S/C20H30N2O4/c1-14-18(24-2)10-16(11-19(14)25-3)20(23)21-17-4-7-22(8-5-17)12-15-6-9-26-13-15/h10-11,15,17H,4-9,12-13H2,1-3H3,(H,21,23). The molecule has 0 aromatic heterocycles. The van der Waals surface area contributed by atoms with Crippen LogP contribution in [0.4, 0.5) is 0 Å². The average molecular weight is 362 g/mol. The highest BCUT2D eigenvalue weighted by molar-refractivity contribution is 5.95. The Kier molecular flexibility index (Phi) is 6.38. The van der Waals surface area contributed by atoms with Gasteiger partial charge in [0.1, 0.15) is 11.5 Å². The zero-order valence-corrected chi connectivity index (χ0v) is 16.0. The van der Waals surface area contributed by atoms with Gasteiger partial charge in [-0.3, -0.25) is 4.79 Å². The Morgan fingerprint density at radius 3 is 2.38 bits per heavy atom. The number of carbonyl (C=O) groups excluding carboxylic acids is 1. The molecule has 0 saturated carbocycles. The molecule has 1 atom stereocenters. The van der Waals surface area contributed by atoms with Crippen LogP contribution in [0.25, 0.3) is 0 Å². The number of benzene rings is 1. The fourth-order valence-corrected chi connectivity index (χ4v) is 3.84. The first-order chi connectivity index (χ1) is 12.6. The molecule has 1 unspecified atom stereocenters. The lowest BCUT2D eigenvalue weighted by Crippen LogP contribution is -2.45. The Balaban J connectivity index is 1.54. The van der Waals surface area contributed by atoms with E-state index in [0.717, 1.165) is 51.3 Å². The van der Waals surface area contributed by atoms with Gasteiger partial charge in [-0.1, -0.05) is 0 Å². The molecule has 2 fully saturated rings. The van der Waals surface area contributed by atoms with Gasteiger partial charge in [0.15, 0.2) is 0 Å². The normalized spacial score (nSPS) is 21.6. The molecule has 1 amide bonds. The van der Waals surface area contributed by atoms with Crippen molar-refractivity contribution in [1.29, 1.82) is 0 Å². The SMILES string of the molecule is COc1cc(C(=O)NC2CCN(CC3CCOC3)CC2)cc(OC)c1C. The number of likely N-dealkylation sites (tertiary alicyclic amines) is 1. The van der Waals surface area contributed by atoms with Crippen molar-refractivity contribution < 1.29 is 19.0 Å². The van der Waals surface area contributed by atoms with E-state index in [0.29, 0.717) is 23.0 Å². The number of rotatable bonds is 6. The van der Waals surface area contributed by atoms with Crippen molar-refractivity contribution in [2.45, 2.75) is 32.2 Å². The maximum atomic E-state index is 12.7. The van der Waals surface area contributed by atoms with Crippen LogP contribution in [0.2, 0.25) is 0 Å². The smallest absolute Gasteiger partial charge is 0.251 e. The van der Waals surface area contributed by atoms with E-state index in [2.05, 4.69) is 10.2 Å². The first-order valence-corrected chi connectivity index (χ1v) is 9.44. The fourth-order valence-electron chi connectivity index (χ4n) is 3.84. The minimum absolute atomic E-state index is 0.0655. The van der Waals surface area contributed by atoms with Crippen molar-refractivity contribution in [2.75, 3.05) is 47.1 Å². The molecule has 2 aliphatic heterocycles. The number of ether oxygens (including phenoxy) is 3. The summed E-state index contributed by atoms with van der Waals surface area (Å²) in [5.41, 5.74) is 1.48. The second kappa shape index (κ2) is 8.73. The monoisotopic (exact) mass is 362 g/mol. The van der Waals surface area contributed by atoms with Crippen LogP contribution in [-0.2, 0) is 4.74 Å². The van der Waals surface area contributed by atoms with Gasteiger partial charge in [-0.2, -0.15) is 0 Å². The number of carbonyl (C=O) groups is 1. The number of piperidine rings is 1. The van der Waals surface area contributed by atoms with Crippen LogP contribution >= 0.6 is 0 Å². The van der Waals surface area contributed by atoms with Crippen molar-refractivity contribution in [3.63, 3.8) is 0 Å². The summed E-state index contributed by atoms with van der Waals surface area (Å²) < 4.78 is 16.2. The molecule has 1 aromatic rings. The summed E-state index contributed by atoms with van der Waals surface area (Å²) in [6, 6.07) is 3.78. The third-order valence-electron chi connectivity index (χ3n) is 5.48. The van der Waals surface area contributed by atoms with Crippen LogP contribution in [0.1, 0.15) is 35.2 Å². The lowest BCUT2D eigenvalue weighted by molar-refractivity contribution is 0.0902. The molecular formula is C20H30N2O4. The highest BCUT2D eigenvalue weighted by atomic mass is 16.5. The summed E-state index contributed by atoms with van der Waals surface area (Å²) in [5.74, 6) is 1.95. The van der Waals surface area contributed by atoms with Crippen LogP contribution in [0.15, 0.2) is 12.1 Å². The minimum Gasteiger partial charge on any atom is -0.496 e. The molecule has 0 spiro atoms. The first kappa shape index (κ1) is 19.0. The highest BCUT2D eigenvalue weighted by Crippen LogP contribution is 2.29. The lowest BCUT2D eigenvalue weighted by Gasteiger charge is -2.33. The van der Waals surface area contributed by atoms with Crippen molar-refractivity contribution in [3.8, 4) is 11.5 Å². The molecule has 2 saturated heterocycles. The number of nitrogens with one attached hydrogen (secondary N) is 1. The van der Waals surface area contributed by atoms with Crippen LogP contribution < -0.4 is 14.8 Å². The van der Waals surface area contributed by atoms with Gasteiger partial charge < -0.3 is 24.4 Å². The second-order valence-electron chi connectivity index (χ2n) is 7.28. The lowest BCUT2D eigenvalue weighted by atomic mass is 10.0. The quantitative estimate of drug-likeness (QED) is 0.841. The molecule has 0 radical (unpaired) electrons. The largest absolute Gasteiger partial charge is 0.496 e. The Hall–Kier alpha value is -1.79. The van der Waals surface area contributed by atoms with Crippen LogP contribution in [0.3, 0.4) is 0 Å². The van der Waals surface area contributed by atoms with Gasteiger partial charge in [-0.05, 0) is 44.2 Å². The molecule has 6 nitrogen and oxygen atoms in total. The van der Waals surface area contributed by atoms with E-state index in [9.17, 15) is 4.79 Å². The summed E-state index contributed by atoms with van der Waals surface area (Å²) in [6.45, 7) is 6.90. The van der Waals surface area contributed by atoms with E-state index in [1.165, 1.54) is 6.42 Å². The Bertz CT molecular complexity index is 595. The Morgan fingerprint density at radius 1 is 1.19 bits per heavy atom. The Morgan fingerprint density at radius 2 is 1.85 bits per heavy atom. The van der Waals surface area contributed by atoms with Crippen LogP contribution in [0.5, 0.6) is 11.5 Å². The Labute approximate surface area is 155 Å². The number of hydrogen-bond acceptors (Lipinski definition) is 5. The van der Waals surface area contributed by atoms with Crippen molar-refractivity contribution >= 4 is 5.91 Å². The van der Waals surface area contributed by atoms with Gasteiger partial charge in [-0.15, -0.1) is 0 Å². The van der Waals surface area contributed by atoms with E-state index in [-0.39, 0.29) is 11.9 Å². The van der Waals surface area contributed by atoms with Crippen molar-refractivity contribution in [1.82, 2.24) is 10.2 Å². The predicted octanol–water partition coefficient (Wildman–Crippen LogP) is 2.24. The van der Waals surface area contributed by atoms with Gasteiger partial charge >= 0.3 is 0 Å². The molecule has 0 aliphatic carbocycles. The zero-order valence-electron chi connectivity index (χ0n) is 16.0. The van der Waals surface area contributed by atoms with E-state index >= 15 is 0 Å². The molecule has 2 heterocycles. The van der Waals surface area contributed by atoms with Crippen LogP contribution in [-0.4, -0.2) is 63.9 Å². The van der Waals surface area contributed by atoms with Crippen molar-refractivity contribution in [3.05, 3.63) is 23.3 Å². The minimum atomic E-state index is -0.0655. The molecule has 1 N–H and O–H groups in total. The average Bonchev–Trinajstić information content (AvgIpc) is 3.16. The zero-order chi connectivity index (χ0) is 18.5. The number of methoxy groups -OCH3 is 2. The molecule has 26 heavy (non-hydrogen) atoms. The third-order valence-corrected chi connectivity index (χ3v) is 5.48. The summed E-state index contributed by atoms with van der Waals surface area (Å²) >= 11 is 0. The van der Waals surface area contributed by atoms with Crippen molar-refractivity contribution in [2.24, 2.45) is 5.92 Å². The molecule has 3 rings (SSSR count). The van der Waals surface area contributed by atoms with E-state index in [1.807, 2.05) is 6.92 Å². The van der Waals surface area contributed by atoms with Gasteiger partial charge in [0.05, 0.1) is 20.8 Å².